The molecule has 0 spiro atoms. The van der Waals surface area contributed by atoms with Crippen LogP contribution < -0.4 is 9.46 Å². The molecule has 0 atom stereocenters. The predicted molar refractivity (Wildman–Crippen MR) is 85.1 cm³/mol. The van der Waals surface area contributed by atoms with Crippen molar-refractivity contribution in [2.24, 2.45) is 0 Å². The first-order valence-corrected chi connectivity index (χ1v) is 9.19. The number of hydrogen-bond acceptors (Lipinski definition) is 5. The van der Waals surface area contributed by atoms with Gasteiger partial charge in [0.2, 0.25) is 10.0 Å². The van der Waals surface area contributed by atoms with Gasteiger partial charge in [0.1, 0.15) is 17.3 Å². The maximum absolute atomic E-state index is 12.1. The number of para-hydroxylation sites is 1. The van der Waals surface area contributed by atoms with Crippen LogP contribution in [0.4, 0.5) is 0 Å². The van der Waals surface area contributed by atoms with E-state index in [-0.39, 0.29) is 24.7 Å². The van der Waals surface area contributed by atoms with Crippen LogP contribution in [0, 0.1) is 0 Å². The predicted octanol–water partition coefficient (Wildman–Crippen LogP) is 2.36. The minimum absolute atomic E-state index is 0.135. The molecule has 0 aliphatic heterocycles. The van der Waals surface area contributed by atoms with E-state index < -0.39 is 10.0 Å². The Morgan fingerprint density at radius 3 is 2.62 bits per heavy atom. The number of aliphatic hydroxyl groups is 1. The largest absolute Gasteiger partial charge is 0.492 e. The fourth-order valence-electron chi connectivity index (χ4n) is 1.60. The number of rotatable bonds is 7. The van der Waals surface area contributed by atoms with E-state index in [1.807, 2.05) is 18.2 Å². The first kappa shape index (κ1) is 16.4. The van der Waals surface area contributed by atoms with E-state index >= 15 is 0 Å². The fourth-order valence-corrected chi connectivity index (χ4v) is 5.15. The summed E-state index contributed by atoms with van der Waals surface area (Å²) in [6.07, 6.45) is 0. The summed E-state index contributed by atoms with van der Waals surface area (Å²) >= 11 is 4.39. The van der Waals surface area contributed by atoms with Crippen molar-refractivity contribution in [1.29, 1.82) is 0 Å². The topological polar surface area (TPSA) is 75.6 Å². The molecule has 1 aromatic carbocycles. The Bertz CT molecular complexity index is 685. The highest BCUT2D eigenvalue weighted by atomic mass is 79.9. The summed E-state index contributed by atoms with van der Waals surface area (Å²) in [7, 11) is -3.61. The van der Waals surface area contributed by atoms with Gasteiger partial charge in [-0.15, -0.1) is 11.3 Å². The van der Waals surface area contributed by atoms with Crippen molar-refractivity contribution in [3.8, 4) is 5.75 Å². The SMILES string of the molecule is O=S(=O)(NCCOc1ccccc1)c1cc(CO)sc1Br. The number of thiophene rings is 1. The average Bonchev–Trinajstić information content (AvgIpc) is 2.87. The molecular weight excluding hydrogens is 378 g/mol. The van der Waals surface area contributed by atoms with Gasteiger partial charge in [0.15, 0.2) is 0 Å². The van der Waals surface area contributed by atoms with Gasteiger partial charge in [-0.1, -0.05) is 18.2 Å². The third kappa shape index (κ3) is 4.52. The molecule has 0 radical (unpaired) electrons. The molecule has 0 bridgehead atoms. The Morgan fingerprint density at radius 1 is 1.29 bits per heavy atom. The third-order valence-corrected chi connectivity index (χ3v) is 6.26. The first-order chi connectivity index (χ1) is 10.0. The third-order valence-electron chi connectivity index (χ3n) is 2.56. The minimum atomic E-state index is -3.61. The summed E-state index contributed by atoms with van der Waals surface area (Å²) in [5, 5.41) is 9.04. The fraction of sp³-hybridized carbons (Fsp3) is 0.231. The molecule has 1 aromatic heterocycles. The van der Waals surface area contributed by atoms with Crippen LogP contribution in [0.25, 0.3) is 0 Å². The van der Waals surface area contributed by atoms with Gasteiger partial charge in [-0.25, -0.2) is 13.1 Å². The minimum Gasteiger partial charge on any atom is -0.492 e. The summed E-state index contributed by atoms with van der Waals surface area (Å²) in [5.41, 5.74) is 0. The summed E-state index contributed by atoms with van der Waals surface area (Å²) in [6, 6.07) is 10.6. The van der Waals surface area contributed by atoms with Crippen LogP contribution in [0.1, 0.15) is 4.88 Å². The Hall–Kier alpha value is -0.930. The highest BCUT2D eigenvalue weighted by Crippen LogP contribution is 2.31. The molecule has 0 saturated carbocycles. The number of aliphatic hydroxyl groups excluding tert-OH is 1. The number of benzene rings is 1. The maximum atomic E-state index is 12.1. The van der Waals surface area contributed by atoms with E-state index in [0.29, 0.717) is 14.4 Å². The number of sulfonamides is 1. The van der Waals surface area contributed by atoms with Crippen molar-refractivity contribution in [2.75, 3.05) is 13.2 Å². The maximum Gasteiger partial charge on any atom is 0.242 e. The van der Waals surface area contributed by atoms with Gasteiger partial charge in [0, 0.05) is 11.4 Å². The van der Waals surface area contributed by atoms with Gasteiger partial charge in [0.25, 0.3) is 0 Å². The van der Waals surface area contributed by atoms with Crippen LogP contribution in [-0.4, -0.2) is 26.7 Å². The van der Waals surface area contributed by atoms with Crippen LogP contribution in [0.3, 0.4) is 0 Å². The molecule has 0 aliphatic rings. The number of ether oxygens (including phenoxy) is 1. The average molecular weight is 392 g/mol. The smallest absolute Gasteiger partial charge is 0.242 e. The summed E-state index contributed by atoms with van der Waals surface area (Å²) in [4.78, 5) is 0.721. The molecule has 2 rings (SSSR count). The molecule has 114 valence electrons. The van der Waals surface area contributed by atoms with Gasteiger partial charge in [-0.3, -0.25) is 0 Å². The lowest BCUT2D eigenvalue weighted by atomic mass is 10.3. The van der Waals surface area contributed by atoms with Crippen molar-refractivity contribution < 1.29 is 18.3 Å². The van der Waals surface area contributed by atoms with Crippen LogP contribution >= 0.6 is 27.3 Å². The second-order valence-electron chi connectivity index (χ2n) is 4.07. The van der Waals surface area contributed by atoms with Crippen LogP contribution in [0.15, 0.2) is 45.1 Å². The molecule has 0 unspecified atom stereocenters. The van der Waals surface area contributed by atoms with E-state index in [2.05, 4.69) is 20.7 Å². The van der Waals surface area contributed by atoms with Crippen LogP contribution in [0.5, 0.6) is 5.75 Å². The molecule has 2 aromatic rings. The van der Waals surface area contributed by atoms with Gasteiger partial charge >= 0.3 is 0 Å². The van der Waals surface area contributed by atoms with E-state index in [0.717, 1.165) is 0 Å². The molecule has 1 heterocycles. The summed E-state index contributed by atoms with van der Waals surface area (Å²) < 4.78 is 32.6. The quantitative estimate of drug-likeness (QED) is 0.710. The number of nitrogens with one attached hydrogen (secondary N) is 1. The monoisotopic (exact) mass is 391 g/mol. The Balaban J connectivity index is 1.91. The molecule has 0 aliphatic carbocycles. The van der Waals surface area contributed by atoms with Crippen LogP contribution in [-0.2, 0) is 16.6 Å². The zero-order chi connectivity index (χ0) is 15.3. The van der Waals surface area contributed by atoms with E-state index in [1.165, 1.54) is 17.4 Å². The van der Waals surface area contributed by atoms with Crippen molar-refractivity contribution in [2.45, 2.75) is 11.5 Å². The summed E-state index contributed by atoms with van der Waals surface area (Å²) in [6.45, 7) is 0.210. The number of hydrogen-bond donors (Lipinski definition) is 2. The zero-order valence-electron chi connectivity index (χ0n) is 11.0. The van der Waals surface area contributed by atoms with E-state index in [9.17, 15) is 8.42 Å². The highest BCUT2D eigenvalue weighted by Gasteiger charge is 2.20. The Labute approximate surface area is 135 Å². The summed E-state index contributed by atoms with van der Waals surface area (Å²) in [5.74, 6) is 0.691. The van der Waals surface area contributed by atoms with Gasteiger partial charge in [0.05, 0.1) is 10.4 Å². The van der Waals surface area contributed by atoms with Crippen molar-refractivity contribution in [1.82, 2.24) is 4.72 Å². The number of halogens is 1. The Morgan fingerprint density at radius 2 is 2.00 bits per heavy atom. The zero-order valence-corrected chi connectivity index (χ0v) is 14.2. The molecule has 2 N–H and O–H groups in total. The molecule has 0 fully saturated rings. The molecule has 21 heavy (non-hydrogen) atoms. The van der Waals surface area contributed by atoms with Gasteiger partial charge in [-0.2, -0.15) is 0 Å². The standard InChI is InChI=1S/C13H14BrNO4S2/c14-13-12(8-11(9-16)20-13)21(17,18)15-6-7-19-10-4-2-1-3-5-10/h1-5,8,15-16H,6-7,9H2. The normalized spacial score (nSPS) is 11.5. The lowest BCUT2D eigenvalue weighted by molar-refractivity contribution is 0.285. The molecular formula is C13H14BrNO4S2. The van der Waals surface area contributed by atoms with Gasteiger partial charge < -0.3 is 9.84 Å². The second kappa shape index (κ2) is 7.37. The molecule has 8 heteroatoms. The van der Waals surface area contributed by atoms with Crippen LogP contribution in [0.2, 0.25) is 0 Å². The lowest BCUT2D eigenvalue weighted by Crippen LogP contribution is -2.28. The lowest BCUT2D eigenvalue weighted by Gasteiger charge is -2.07. The van der Waals surface area contributed by atoms with Gasteiger partial charge in [-0.05, 0) is 34.1 Å². The molecule has 5 nitrogen and oxygen atoms in total. The van der Waals surface area contributed by atoms with E-state index in [1.54, 1.807) is 12.1 Å². The molecule has 0 saturated heterocycles. The van der Waals surface area contributed by atoms with Crippen molar-refractivity contribution in [3.05, 3.63) is 45.1 Å². The second-order valence-corrected chi connectivity index (χ2v) is 8.26. The Kier molecular flexibility index (Phi) is 5.77. The highest BCUT2D eigenvalue weighted by molar-refractivity contribution is 9.11. The van der Waals surface area contributed by atoms with E-state index in [4.69, 9.17) is 9.84 Å². The van der Waals surface area contributed by atoms with Crippen molar-refractivity contribution in [3.63, 3.8) is 0 Å². The van der Waals surface area contributed by atoms with Crippen molar-refractivity contribution >= 4 is 37.3 Å². The first-order valence-electron chi connectivity index (χ1n) is 6.09. The molecule has 0 amide bonds.